The molecule has 0 spiro atoms. The van der Waals surface area contributed by atoms with Gasteiger partial charge in [0.15, 0.2) is 0 Å². The molecule has 6 heteroatoms. The Hall–Kier alpha value is -2.17. The van der Waals surface area contributed by atoms with Crippen molar-refractivity contribution in [2.24, 2.45) is 5.41 Å². The van der Waals surface area contributed by atoms with Gasteiger partial charge in [0.1, 0.15) is 11.2 Å². The Labute approximate surface area is 179 Å². The summed E-state index contributed by atoms with van der Waals surface area (Å²) in [4.78, 5) is 23.3. The van der Waals surface area contributed by atoms with Crippen molar-refractivity contribution in [1.29, 1.82) is 0 Å². The van der Waals surface area contributed by atoms with E-state index >= 15 is 0 Å². The summed E-state index contributed by atoms with van der Waals surface area (Å²) in [5, 5.41) is 0.872. The first kappa shape index (κ1) is 18.8. The van der Waals surface area contributed by atoms with Gasteiger partial charge < -0.3 is 4.74 Å². The lowest BCUT2D eigenvalue weighted by molar-refractivity contribution is -0.144. The summed E-state index contributed by atoms with van der Waals surface area (Å²) in [6.07, 6.45) is 1.58. The van der Waals surface area contributed by atoms with Gasteiger partial charge in [0.25, 0.3) is 0 Å². The smallest absolute Gasteiger partial charge is 0.324 e. The molecule has 1 aromatic heterocycles. The third-order valence-electron chi connectivity index (χ3n) is 6.83. The molecule has 2 aromatic carbocycles. The Morgan fingerprint density at radius 3 is 2.34 bits per heavy atom. The van der Waals surface area contributed by atoms with E-state index in [1.54, 1.807) is 12.1 Å². The Balaban J connectivity index is 1.66. The number of hydrogen-bond donors (Lipinski definition) is 0. The second-order valence-electron chi connectivity index (χ2n) is 8.63. The van der Waals surface area contributed by atoms with Crippen molar-refractivity contribution in [2.75, 3.05) is 0 Å². The average Bonchev–Trinajstić information content (AvgIpc) is 3.05. The van der Waals surface area contributed by atoms with Gasteiger partial charge in [0.05, 0.1) is 32.5 Å². The van der Waals surface area contributed by atoms with Crippen LogP contribution in [0.2, 0.25) is 10.0 Å². The van der Waals surface area contributed by atoms with Gasteiger partial charge in [0, 0.05) is 5.92 Å². The van der Waals surface area contributed by atoms with Crippen LogP contribution in [-0.4, -0.2) is 15.9 Å². The number of rotatable bonds is 2. The van der Waals surface area contributed by atoms with Crippen LogP contribution in [0.15, 0.2) is 36.4 Å². The third-order valence-corrected chi connectivity index (χ3v) is 7.55. The highest BCUT2D eigenvalue weighted by Gasteiger charge is 2.69. The summed E-state index contributed by atoms with van der Waals surface area (Å²) < 4.78 is 5.87. The minimum atomic E-state index is -0.828. The topological polar surface area (TPSA) is 52.1 Å². The number of carbonyl (C=O) groups excluding carboxylic acids is 1. The van der Waals surface area contributed by atoms with Crippen molar-refractivity contribution in [1.82, 2.24) is 9.97 Å². The maximum Gasteiger partial charge on any atom is 0.324 e. The van der Waals surface area contributed by atoms with Gasteiger partial charge in [-0.25, -0.2) is 9.97 Å². The van der Waals surface area contributed by atoms with Crippen LogP contribution < -0.4 is 4.74 Å². The lowest BCUT2D eigenvalue weighted by Crippen LogP contribution is -2.45. The minimum absolute atomic E-state index is 0.148. The normalized spacial score (nSPS) is 24.0. The van der Waals surface area contributed by atoms with Gasteiger partial charge in [-0.3, -0.25) is 4.79 Å². The lowest BCUT2D eigenvalue weighted by atomic mass is 9.68. The van der Waals surface area contributed by atoms with Crippen LogP contribution in [-0.2, 0) is 10.2 Å². The summed E-state index contributed by atoms with van der Waals surface area (Å²) in [5.74, 6) is 0.432. The molecule has 2 bridgehead atoms. The van der Waals surface area contributed by atoms with E-state index in [0.29, 0.717) is 33.2 Å². The number of aromatic nitrogens is 2. The number of halogens is 2. The monoisotopic (exact) mass is 426 g/mol. The summed E-state index contributed by atoms with van der Waals surface area (Å²) in [6.45, 7) is 6.24. The van der Waals surface area contributed by atoms with E-state index in [1.807, 2.05) is 31.2 Å². The fourth-order valence-corrected chi connectivity index (χ4v) is 5.44. The second kappa shape index (κ2) is 6.16. The standard InChI is InChI=1S/C23H20Cl2N2O2/c1-12-4-6-13(7-5-12)29-21(28)23-9-8-14(22(23,2)3)19-20(23)27-18-11-16(25)15(24)10-17(18)26-19/h4-7,10-11,14H,8-9H2,1-3H3. The first-order valence-corrected chi connectivity index (χ1v) is 10.5. The quantitative estimate of drug-likeness (QED) is 0.372. The maximum atomic E-state index is 13.6. The van der Waals surface area contributed by atoms with Gasteiger partial charge in [-0.1, -0.05) is 54.7 Å². The Morgan fingerprint density at radius 1 is 1.07 bits per heavy atom. The van der Waals surface area contributed by atoms with E-state index in [-0.39, 0.29) is 17.3 Å². The third kappa shape index (κ3) is 2.48. The molecule has 0 amide bonds. The van der Waals surface area contributed by atoms with Crippen LogP contribution in [0.5, 0.6) is 5.75 Å². The molecule has 2 aliphatic carbocycles. The first-order chi connectivity index (χ1) is 13.7. The highest BCUT2D eigenvalue weighted by molar-refractivity contribution is 6.42. The fourth-order valence-electron chi connectivity index (χ4n) is 5.13. The molecule has 5 rings (SSSR count). The number of ether oxygens (including phenoxy) is 1. The molecule has 2 atom stereocenters. The minimum Gasteiger partial charge on any atom is -0.426 e. The molecule has 1 fully saturated rings. The SMILES string of the molecule is Cc1ccc(OC(=O)C23CCC(c4nc5cc(Cl)c(Cl)cc5nc42)C3(C)C)cc1. The molecule has 0 N–H and O–H groups in total. The molecule has 0 saturated heterocycles. The molecule has 2 aliphatic rings. The molecule has 3 aromatic rings. The molecular formula is C23H20Cl2N2O2. The average molecular weight is 427 g/mol. The number of hydrogen-bond acceptors (Lipinski definition) is 4. The van der Waals surface area contributed by atoms with E-state index < -0.39 is 5.41 Å². The number of fused-ring (bicyclic) bond motifs is 6. The van der Waals surface area contributed by atoms with Crippen LogP contribution in [0.4, 0.5) is 0 Å². The first-order valence-electron chi connectivity index (χ1n) is 9.70. The molecule has 1 heterocycles. The summed E-state index contributed by atoms with van der Waals surface area (Å²) in [6, 6.07) is 11.0. The van der Waals surface area contributed by atoms with Crippen LogP contribution >= 0.6 is 23.2 Å². The van der Waals surface area contributed by atoms with Gasteiger partial charge >= 0.3 is 5.97 Å². The Morgan fingerprint density at radius 2 is 1.69 bits per heavy atom. The van der Waals surface area contributed by atoms with E-state index in [2.05, 4.69) is 13.8 Å². The zero-order valence-electron chi connectivity index (χ0n) is 16.4. The van der Waals surface area contributed by atoms with Gasteiger partial charge in [-0.15, -0.1) is 0 Å². The van der Waals surface area contributed by atoms with Crippen molar-refractivity contribution in [2.45, 2.75) is 44.9 Å². The number of benzene rings is 2. The van der Waals surface area contributed by atoms with Gasteiger partial charge in [-0.05, 0) is 49.4 Å². The maximum absolute atomic E-state index is 13.6. The van der Waals surface area contributed by atoms with E-state index in [1.165, 1.54) is 0 Å². The number of esters is 1. The van der Waals surface area contributed by atoms with E-state index in [4.69, 9.17) is 37.9 Å². The van der Waals surface area contributed by atoms with Crippen LogP contribution in [0.25, 0.3) is 11.0 Å². The molecule has 2 unspecified atom stereocenters. The molecule has 148 valence electrons. The van der Waals surface area contributed by atoms with Crippen molar-refractivity contribution < 1.29 is 9.53 Å². The molecule has 29 heavy (non-hydrogen) atoms. The largest absolute Gasteiger partial charge is 0.426 e. The van der Waals surface area contributed by atoms with E-state index in [9.17, 15) is 4.79 Å². The predicted molar refractivity (Wildman–Crippen MR) is 114 cm³/mol. The van der Waals surface area contributed by atoms with Crippen molar-refractivity contribution in [3.05, 3.63) is 63.4 Å². The predicted octanol–water partition coefficient (Wildman–Crippen LogP) is 6.01. The number of nitrogens with zero attached hydrogens (tertiary/aromatic N) is 2. The zero-order chi connectivity index (χ0) is 20.6. The summed E-state index contributed by atoms with van der Waals surface area (Å²) in [5.41, 5.74) is 2.89. The van der Waals surface area contributed by atoms with Crippen LogP contribution in [0.3, 0.4) is 0 Å². The van der Waals surface area contributed by atoms with Crippen LogP contribution in [0, 0.1) is 12.3 Å². The Bertz CT molecular complexity index is 1170. The second-order valence-corrected chi connectivity index (χ2v) is 9.45. The zero-order valence-corrected chi connectivity index (χ0v) is 17.9. The van der Waals surface area contributed by atoms with Crippen molar-refractivity contribution in [3.8, 4) is 5.75 Å². The van der Waals surface area contributed by atoms with Crippen molar-refractivity contribution >= 4 is 40.2 Å². The number of aryl methyl sites for hydroxylation is 1. The number of carbonyl (C=O) groups is 1. The van der Waals surface area contributed by atoms with Gasteiger partial charge in [-0.2, -0.15) is 0 Å². The molecule has 1 saturated carbocycles. The van der Waals surface area contributed by atoms with E-state index in [0.717, 1.165) is 23.4 Å². The fraction of sp³-hybridized carbons (Fsp3) is 0.348. The molecule has 0 radical (unpaired) electrons. The molecule has 0 aliphatic heterocycles. The molecule has 4 nitrogen and oxygen atoms in total. The van der Waals surface area contributed by atoms with Gasteiger partial charge in [0.2, 0.25) is 0 Å². The highest BCUT2D eigenvalue weighted by Crippen LogP contribution is 2.67. The lowest BCUT2D eigenvalue weighted by Gasteiger charge is -2.35. The van der Waals surface area contributed by atoms with Crippen molar-refractivity contribution in [3.63, 3.8) is 0 Å². The van der Waals surface area contributed by atoms with Crippen LogP contribution in [0.1, 0.15) is 49.6 Å². The highest BCUT2D eigenvalue weighted by atomic mass is 35.5. The Kier molecular flexibility index (Phi) is 4.00. The summed E-state index contributed by atoms with van der Waals surface area (Å²) >= 11 is 12.4. The summed E-state index contributed by atoms with van der Waals surface area (Å²) in [7, 11) is 0. The molecular weight excluding hydrogens is 407 g/mol.